The predicted octanol–water partition coefficient (Wildman–Crippen LogP) is 4.71. The van der Waals surface area contributed by atoms with Crippen LogP contribution in [0.25, 0.3) is 11.2 Å². The fourth-order valence-corrected chi connectivity index (χ4v) is 5.85. The Balaban J connectivity index is 1.55. The number of ether oxygens (including phenoxy) is 2. The van der Waals surface area contributed by atoms with Gasteiger partial charge >= 0.3 is 0 Å². The van der Waals surface area contributed by atoms with Crippen molar-refractivity contribution in [2.45, 2.75) is 17.9 Å². The Bertz CT molecular complexity index is 1410. The van der Waals surface area contributed by atoms with Gasteiger partial charge in [0.2, 0.25) is 0 Å². The number of hydrogen-bond acceptors (Lipinski definition) is 7. The van der Waals surface area contributed by atoms with E-state index in [1.165, 1.54) is 16.7 Å². The first-order chi connectivity index (χ1) is 19.3. The second-order valence-corrected chi connectivity index (χ2v) is 9.68. The van der Waals surface area contributed by atoms with Crippen LogP contribution in [0.4, 0.5) is 5.82 Å². The van der Waals surface area contributed by atoms with Gasteiger partial charge in [-0.05, 0) is 16.7 Å². The Kier molecular flexibility index (Phi) is 7.06. The van der Waals surface area contributed by atoms with Gasteiger partial charge in [-0.25, -0.2) is 15.0 Å². The number of hydrogen-bond donors (Lipinski definition) is 1. The highest BCUT2D eigenvalue weighted by atomic mass is 16.5. The Labute approximate surface area is 228 Å². The molecule has 1 saturated heterocycles. The third kappa shape index (κ3) is 4.46. The van der Waals surface area contributed by atoms with Crippen molar-refractivity contribution < 1.29 is 9.47 Å². The fourth-order valence-electron chi connectivity index (χ4n) is 5.85. The van der Waals surface area contributed by atoms with Crippen molar-refractivity contribution in [1.29, 1.82) is 0 Å². The molecule has 6 rings (SSSR count). The van der Waals surface area contributed by atoms with Gasteiger partial charge in [0.05, 0.1) is 24.6 Å². The molecule has 1 aliphatic heterocycles. The van der Waals surface area contributed by atoms with Gasteiger partial charge in [0, 0.05) is 27.2 Å². The predicted molar refractivity (Wildman–Crippen MR) is 151 cm³/mol. The van der Waals surface area contributed by atoms with Crippen molar-refractivity contribution in [3.8, 4) is 0 Å². The van der Waals surface area contributed by atoms with Crippen molar-refractivity contribution in [2.75, 3.05) is 39.2 Å². The zero-order chi connectivity index (χ0) is 26.7. The number of morpholine rings is 1. The number of anilines is 1. The van der Waals surface area contributed by atoms with Crippen LogP contribution in [0.3, 0.4) is 0 Å². The van der Waals surface area contributed by atoms with Crippen LogP contribution in [0.2, 0.25) is 0 Å². The summed E-state index contributed by atoms with van der Waals surface area (Å²) in [4.78, 5) is 16.1. The summed E-state index contributed by atoms with van der Waals surface area (Å²) in [5.41, 5.74) is 4.43. The average molecular weight is 521 g/mol. The van der Waals surface area contributed by atoms with E-state index in [0.717, 1.165) is 5.65 Å². The molecule has 0 amide bonds. The maximum Gasteiger partial charge on any atom is 0.167 e. The van der Waals surface area contributed by atoms with E-state index in [1.54, 1.807) is 19.8 Å². The van der Waals surface area contributed by atoms with Gasteiger partial charge in [-0.2, -0.15) is 0 Å². The lowest BCUT2D eigenvalue weighted by Gasteiger charge is -2.50. The highest BCUT2D eigenvalue weighted by Gasteiger charge is 2.46. The van der Waals surface area contributed by atoms with E-state index in [0.29, 0.717) is 31.0 Å². The smallest absolute Gasteiger partial charge is 0.167 e. The van der Waals surface area contributed by atoms with Crippen molar-refractivity contribution in [3.05, 3.63) is 120 Å². The van der Waals surface area contributed by atoms with Crippen LogP contribution in [0, 0.1) is 0 Å². The third-order valence-electron chi connectivity index (χ3n) is 7.46. The first-order valence-electron chi connectivity index (χ1n) is 13.2. The molecule has 0 aliphatic carbocycles. The van der Waals surface area contributed by atoms with Crippen LogP contribution in [0.1, 0.15) is 22.9 Å². The van der Waals surface area contributed by atoms with Gasteiger partial charge < -0.3 is 14.8 Å². The quantitative estimate of drug-likeness (QED) is 0.297. The molecule has 1 aliphatic rings. The van der Waals surface area contributed by atoms with E-state index in [9.17, 15) is 0 Å². The molecule has 3 aromatic carbocycles. The van der Waals surface area contributed by atoms with E-state index >= 15 is 0 Å². The number of benzene rings is 3. The van der Waals surface area contributed by atoms with Gasteiger partial charge in [0.1, 0.15) is 18.1 Å². The molecule has 2 aromatic heterocycles. The minimum atomic E-state index is -0.570. The number of methoxy groups -OCH3 is 1. The summed E-state index contributed by atoms with van der Waals surface area (Å²) in [7, 11) is 3.55. The monoisotopic (exact) mass is 520 g/mol. The summed E-state index contributed by atoms with van der Waals surface area (Å²) in [6.45, 7) is 1.74. The molecule has 0 radical (unpaired) electrons. The van der Waals surface area contributed by atoms with E-state index in [2.05, 4.69) is 116 Å². The summed E-state index contributed by atoms with van der Waals surface area (Å²) in [5, 5.41) is 3.11. The first-order valence-corrected chi connectivity index (χ1v) is 13.2. The number of aromatic nitrogens is 4. The molecule has 8 nitrogen and oxygen atoms in total. The van der Waals surface area contributed by atoms with E-state index in [4.69, 9.17) is 9.47 Å². The molecule has 8 heteroatoms. The molecule has 0 unspecified atom stereocenters. The largest absolute Gasteiger partial charge is 0.382 e. The number of imidazole rings is 1. The second kappa shape index (κ2) is 10.9. The van der Waals surface area contributed by atoms with Crippen molar-refractivity contribution in [1.82, 2.24) is 24.4 Å². The number of nitrogens with one attached hydrogen (secondary N) is 1. The van der Waals surface area contributed by atoms with Crippen LogP contribution in [-0.4, -0.2) is 64.4 Å². The molecular formula is C31H32N6O2. The second-order valence-electron chi connectivity index (χ2n) is 9.68. The number of nitrogens with zero attached hydrogens (tertiary/aromatic N) is 5. The molecule has 5 aromatic rings. The Morgan fingerprint density at radius 3 is 1.97 bits per heavy atom. The van der Waals surface area contributed by atoms with Gasteiger partial charge in [-0.15, -0.1) is 0 Å². The zero-order valence-corrected chi connectivity index (χ0v) is 22.1. The molecule has 3 heterocycles. The van der Waals surface area contributed by atoms with Crippen LogP contribution in [-0.2, 0) is 15.0 Å². The Hall–Kier alpha value is -4.11. The van der Waals surface area contributed by atoms with E-state index < -0.39 is 5.54 Å². The maximum absolute atomic E-state index is 6.66. The molecule has 1 fully saturated rings. The third-order valence-corrected chi connectivity index (χ3v) is 7.46. The summed E-state index contributed by atoms with van der Waals surface area (Å²) >= 11 is 0. The normalized spacial score (nSPS) is 18.3. The topological polar surface area (TPSA) is 77.3 Å². The maximum atomic E-state index is 6.66. The average Bonchev–Trinajstić information content (AvgIpc) is 3.44. The van der Waals surface area contributed by atoms with Gasteiger partial charge in [0.15, 0.2) is 11.5 Å². The Morgan fingerprint density at radius 2 is 1.44 bits per heavy atom. The molecule has 0 bridgehead atoms. The molecule has 0 spiro atoms. The fraction of sp³-hybridized carbons (Fsp3) is 0.258. The number of rotatable bonds is 8. The van der Waals surface area contributed by atoms with Crippen LogP contribution in [0.5, 0.6) is 0 Å². The number of fused-ring (bicyclic) bond motifs is 1. The van der Waals surface area contributed by atoms with Crippen molar-refractivity contribution in [3.63, 3.8) is 0 Å². The van der Waals surface area contributed by atoms with Crippen LogP contribution >= 0.6 is 0 Å². The minimum Gasteiger partial charge on any atom is -0.382 e. The molecule has 198 valence electrons. The van der Waals surface area contributed by atoms with Crippen LogP contribution in [0.15, 0.2) is 104 Å². The van der Waals surface area contributed by atoms with E-state index in [1.807, 2.05) is 11.6 Å². The van der Waals surface area contributed by atoms with Gasteiger partial charge in [-0.1, -0.05) is 91.0 Å². The molecule has 0 saturated carbocycles. The van der Waals surface area contributed by atoms with Crippen LogP contribution < -0.4 is 5.32 Å². The zero-order valence-electron chi connectivity index (χ0n) is 22.1. The highest BCUT2D eigenvalue weighted by Crippen LogP contribution is 2.44. The molecule has 2 atom stereocenters. The lowest BCUT2D eigenvalue weighted by Crippen LogP contribution is -2.57. The summed E-state index contributed by atoms with van der Waals surface area (Å²) < 4.78 is 14.3. The molecule has 39 heavy (non-hydrogen) atoms. The summed E-state index contributed by atoms with van der Waals surface area (Å²) in [6, 6.07) is 32.2. The van der Waals surface area contributed by atoms with Crippen molar-refractivity contribution in [2.24, 2.45) is 0 Å². The lowest BCUT2D eigenvalue weighted by atomic mass is 9.75. The molecular weight excluding hydrogens is 488 g/mol. The first kappa shape index (κ1) is 25.2. The van der Waals surface area contributed by atoms with Gasteiger partial charge in [-0.3, -0.25) is 9.47 Å². The standard InChI is InChI=1S/C31H32N6O2/c1-32-29-28-30(34-21-33-29)37(22-35-28)27-19-36(18-26(39-27)20-38-2)31(23-12-6-3-7-13-23,24-14-8-4-9-15-24)25-16-10-5-11-17-25/h3-17,21-22,26-27H,18-20H2,1-2H3,(H,32,33,34)/t26-,27+/m0/s1. The highest BCUT2D eigenvalue weighted by molar-refractivity contribution is 5.82. The van der Waals surface area contributed by atoms with E-state index in [-0.39, 0.29) is 12.3 Å². The lowest BCUT2D eigenvalue weighted by molar-refractivity contribution is -0.151. The molecule has 1 N–H and O–H groups in total. The Morgan fingerprint density at radius 1 is 0.846 bits per heavy atom. The minimum absolute atomic E-state index is 0.174. The summed E-state index contributed by atoms with van der Waals surface area (Å²) in [5.74, 6) is 0.687. The SMILES string of the molecule is CNc1ncnc2c1ncn2[C@H]1CN(C(c2ccccc2)(c2ccccc2)c2ccccc2)C[C@@H](COC)O1. The van der Waals surface area contributed by atoms with Gasteiger partial charge in [0.25, 0.3) is 0 Å². The summed E-state index contributed by atoms with van der Waals surface area (Å²) in [6.07, 6.45) is 2.83. The van der Waals surface area contributed by atoms with Crippen molar-refractivity contribution >= 4 is 17.0 Å².